The Bertz CT molecular complexity index is 902. The highest BCUT2D eigenvalue weighted by atomic mass is 35.5. The van der Waals surface area contributed by atoms with Crippen LogP contribution in [0.2, 0.25) is 5.02 Å². The number of carbonyl (C=O) groups is 2. The molecule has 2 amide bonds. The molecule has 32 heavy (non-hydrogen) atoms. The molecule has 1 aliphatic rings. The quantitative estimate of drug-likeness (QED) is 0.599. The topological polar surface area (TPSA) is 61.4 Å². The van der Waals surface area contributed by atoms with Crippen molar-refractivity contribution in [2.24, 2.45) is 0 Å². The Kier molecular flexibility index (Phi) is 8.32. The first-order valence-corrected chi connectivity index (χ1v) is 11.6. The van der Waals surface area contributed by atoms with Gasteiger partial charge in [-0.05, 0) is 88.5 Å². The summed E-state index contributed by atoms with van der Waals surface area (Å²) in [5.41, 5.74) is 2.97. The summed E-state index contributed by atoms with van der Waals surface area (Å²) < 4.78 is 0. The van der Waals surface area contributed by atoms with Crippen LogP contribution in [-0.4, -0.2) is 42.4 Å². The van der Waals surface area contributed by atoms with E-state index in [1.165, 1.54) is 5.56 Å². The largest absolute Gasteiger partial charge is 0.353 e. The van der Waals surface area contributed by atoms with E-state index < -0.39 is 0 Å². The summed E-state index contributed by atoms with van der Waals surface area (Å²) in [7, 11) is 4.27. The normalized spacial score (nSPS) is 20.7. The van der Waals surface area contributed by atoms with Crippen molar-refractivity contribution in [3.8, 4) is 0 Å². The fraction of sp³-hybridized carbons (Fsp3) is 0.423. The number of rotatable bonds is 8. The zero-order valence-electron chi connectivity index (χ0n) is 19.0. The van der Waals surface area contributed by atoms with Gasteiger partial charge in [-0.3, -0.25) is 9.59 Å². The molecule has 0 atom stereocenters. The van der Waals surface area contributed by atoms with E-state index in [2.05, 4.69) is 48.7 Å². The SMILES string of the molecule is [CH2]c1ccc(NC(=O)CCC(=O)NC2CCC(Cc3ccc(Cl)cc3)(N(C)C)CC2)cc1. The van der Waals surface area contributed by atoms with Crippen LogP contribution >= 0.6 is 11.6 Å². The zero-order chi connectivity index (χ0) is 23.1. The molecule has 6 heteroatoms. The van der Waals surface area contributed by atoms with Crippen LogP contribution in [0.1, 0.15) is 49.7 Å². The minimum absolute atomic E-state index is 0.0617. The lowest BCUT2D eigenvalue weighted by Gasteiger charge is -2.45. The van der Waals surface area contributed by atoms with Gasteiger partial charge in [0, 0.05) is 35.1 Å². The van der Waals surface area contributed by atoms with E-state index in [-0.39, 0.29) is 36.2 Å². The Hall–Kier alpha value is -2.37. The number of likely N-dealkylation sites (N-methyl/N-ethyl adjacent to an activating group) is 1. The zero-order valence-corrected chi connectivity index (χ0v) is 19.8. The average molecular weight is 455 g/mol. The van der Waals surface area contributed by atoms with Gasteiger partial charge in [0.15, 0.2) is 0 Å². The standard InChI is InChI=1S/C26H33ClN3O2/c1-19-4-10-22(11-5-19)28-24(31)12-13-25(32)29-23-14-16-26(17-15-23,30(2)3)18-20-6-8-21(27)9-7-20/h4-11,23H,1,12-18H2,2-3H3,(H,28,31)(H,29,32). The highest BCUT2D eigenvalue weighted by Gasteiger charge is 2.37. The Morgan fingerprint density at radius 2 is 1.59 bits per heavy atom. The number of anilines is 1. The Labute approximate surface area is 196 Å². The molecular weight excluding hydrogens is 422 g/mol. The third kappa shape index (κ3) is 6.81. The molecule has 0 aromatic heterocycles. The minimum atomic E-state index is -0.157. The summed E-state index contributed by atoms with van der Waals surface area (Å²) >= 11 is 6.03. The molecule has 0 saturated heterocycles. The molecule has 2 aromatic rings. The van der Waals surface area contributed by atoms with Crippen LogP contribution in [-0.2, 0) is 16.0 Å². The lowest BCUT2D eigenvalue weighted by Crippen LogP contribution is -2.52. The molecule has 0 aliphatic heterocycles. The molecule has 0 unspecified atom stereocenters. The van der Waals surface area contributed by atoms with Crippen molar-refractivity contribution in [3.63, 3.8) is 0 Å². The van der Waals surface area contributed by atoms with Crippen molar-refractivity contribution in [2.45, 2.75) is 56.5 Å². The second-order valence-electron chi connectivity index (χ2n) is 9.01. The first-order valence-electron chi connectivity index (χ1n) is 11.2. The third-order valence-electron chi connectivity index (χ3n) is 6.49. The van der Waals surface area contributed by atoms with Crippen LogP contribution in [0, 0.1) is 6.92 Å². The molecule has 2 N–H and O–H groups in total. The van der Waals surface area contributed by atoms with Gasteiger partial charge >= 0.3 is 0 Å². The second kappa shape index (κ2) is 11.0. The van der Waals surface area contributed by atoms with Crippen LogP contribution < -0.4 is 10.6 Å². The molecule has 1 fully saturated rings. The van der Waals surface area contributed by atoms with Gasteiger partial charge in [-0.1, -0.05) is 35.9 Å². The molecule has 0 bridgehead atoms. The number of carbonyl (C=O) groups excluding carboxylic acids is 2. The van der Waals surface area contributed by atoms with Crippen molar-refractivity contribution in [1.29, 1.82) is 0 Å². The molecular formula is C26H33ClN3O2. The van der Waals surface area contributed by atoms with Gasteiger partial charge in [-0.25, -0.2) is 0 Å². The Morgan fingerprint density at radius 1 is 1.00 bits per heavy atom. The predicted molar refractivity (Wildman–Crippen MR) is 131 cm³/mol. The lowest BCUT2D eigenvalue weighted by molar-refractivity contribution is -0.125. The number of halogens is 1. The summed E-state index contributed by atoms with van der Waals surface area (Å²) in [5, 5.41) is 6.70. The fourth-order valence-corrected chi connectivity index (χ4v) is 4.53. The van der Waals surface area contributed by atoms with Gasteiger partial charge in [0.25, 0.3) is 0 Å². The molecule has 0 heterocycles. The van der Waals surface area contributed by atoms with Crippen molar-refractivity contribution in [3.05, 3.63) is 71.6 Å². The van der Waals surface area contributed by atoms with E-state index >= 15 is 0 Å². The van der Waals surface area contributed by atoms with Crippen LogP contribution in [0.3, 0.4) is 0 Å². The monoisotopic (exact) mass is 454 g/mol. The van der Waals surface area contributed by atoms with Gasteiger partial charge < -0.3 is 15.5 Å². The van der Waals surface area contributed by atoms with Gasteiger partial charge in [-0.2, -0.15) is 0 Å². The third-order valence-corrected chi connectivity index (χ3v) is 6.75. The van der Waals surface area contributed by atoms with Crippen LogP contribution in [0.15, 0.2) is 48.5 Å². The Balaban J connectivity index is 1.44. The average Bonchev–Trinajstić information content (AvgIpc) is 2.77. The number of benzene rings is 2. The maximum absolute atomic E-state index is 12.4. The predicted octanol–water partition coefficient (Wildman–Crippen LogP) is 4.84. The number of hydrogen-bond acceptors (Lipinski definition) is 3. The summed E-state index contributed by atoms with van der Waals surface area (Å²) in [6.45, 7) is 3.83. The molecule has 1 radical (unpaired) electrons. The number of hydrogen-bond donors (Lipinski definition) is 2. The number of nitrogens with one attached hydrogen (secondary N) is 2. The van der Waals surface area contributed by atoms with Crippen molar-refractivity contribution in [2.75, 3.05) is 19.4 Å². The van der Waals surface area contributed by atoms with E-state index in [1.54, 1.807) is 0 Å². The molecule has 1 saturated carbocycles. The van der Waals surface area contributed by atoms with Crippen LogP contribution in [0.4, 0.5) is 5.69 Å². The van der Waals surface area contributed by atoms with Gasteiger partial charge in [0.1, 0.15) is 0 Å². The van der Waals surface area contributed by atoms with Gasteiger partial charge in [-0.15, -0.1) is 0 Å². The molecule has 3 rings (SSSR count). The van der Waals surface area contributed by atoms with Gasteiger partial charge in [0.05, 0.1) is 0 Å². The van der Waals surface area contributed by atoms with E-state index in [0.29, 0.717) is 0 Å². The van der Waals surface area contributed by atoms with Crippen molar-refractivity contribution < 1.29 is 9.59 Å². The maximum Gasteiger partial charge on any atom is 0.224 e. The van der Waals surface area contributed by atoms with Crippen molar-refractivity contribution >= 4 is 29.1 Å². The number of amides is 2. The number of nitrogens with zero attached hydrogens (tertiary/aromatic N) is 1. The fourth-order valence-electron chi connectivity index (χ4n) is 4.40. The molecule has 1 aliphatic carbocycles. The van der Waals surface area contributed by atoms with Gasteiger partial charge in [0.2, 0.25) is 11.8 Å². The van der Waals surface area contributed by atoms with E-state index in [9.17, 15) is 9.59 Å². The molecule has 0 spiro atoms. The van der Waals surface area contributed by atoms with Crippen LogP contribution in [0.5, 0.6) is 0 Å². The van der Waals surface area contributed by atoms with E-state index in [1.807, 2.05) is 36.4 Å². The summed E-state index contributed by atoms with van der Waals surface area (Å²) in [4.78, 5) is 26.9. The van der Waals surface area contributed by atoms with Crippen LogP contribution in [0.25, 0.3) is 0 Å². The first kappa shape index (κ1) is 24.3. The maximum atomic E-state index is 12.4. The first-order chi connectivity index (χ1) is 15.3. The van der Waals surface area contributed by atoms with E-state index in [4.69, 9.17) is 11.6 Å². The molecule has 5 nitrogen and oxygen atoms in total. The van der Waals surface area contributed by atoms with E-state index in [0.717, 1.165) is 48.4 Å². The summed E-state index contributed by atoms with van der Waals surface area (Å²) in [5.74, 6) is -0.219. The second-order valence-corrected chi connectivity index (χ2v) is 9.45. The highest BCUT2D eigenvalue weighted by Crippen LogP contribution is 2.35. The molecule has 171 valence electrons. The smallest absolute Gasteiger partial charge is 0.224 e. The van der Waals surface area contributed by atoms with Crippen molar-refractivity contribution in [1.82, 2.24) is 10.2 Å². The Morgan fingerprint density at radius 3 is 2.19 bits per heavy atom. The summed E-state index contributed by atoms with van der Waals surface area (Å²) in [6.07, 6.45) is 5.21. The minimum Gasteiger partial charge on any atom is -0.353 e. The summed E-state index contributed by atoms with van der Waals surface area (Å²) in [6, 6.07) is 15.5. The highest BCUT2D eigenvalue weighted by molar-refractivity contribution is 6.30. The molecule has 2 aromatic carbocycles. The lowest BCUT2D eigenvalue weighted by atomic mass is 9.75.